The van der Waals surface area contributed by atoms with Crippen molar-refractivity contribution in [1.82, 2.24) is 25.3 Å². The number of aromatic amines is 1. The first-order valence-electron chi connectivity index (χ1n) is 10.5. The first-order chi connectivity index (χ1) is 16.3. The van der Waals surface area contributed by atoms with E-state index in [1.54, 1.807) is 12.3 Å². The maximum Gasteiger partial charge on any atom is 0.419 e. The predicted octanol–water partition coefficient (Wildman–Crippen LogP) is 4.41. The summed E-state index contributed by atoms with van der Waals surface area (Å²) in [6.07, 6.45) is -1.56. The van der Waals surface area contributed by atoms with Crippen LogP contribution in [0.2, 0.25) is 0 Å². The molecule has 8 nitrogen and oxygen atoms in total. The number of halogens is 4. The monoisotopic (exact) mass is 472 g/mol. The highest BCUT2D eigenvalue weighted by atomic mass is 19.4. The standard InChI is InChI=1S/C22H20F4N8/c23-16-2-1-13(9-15(16)22(24,25)26)30-20-11-17-18(12-29-20)32-21(31-17)33-19-10-14(3-4-28-19)34-7-5-27-6-8-34/h1-4,9-12,27H,5-8H2,(H,29,30)(H2,28,31,32,33). The zero-order valence-electron chi connectivity index (χ0n) is 17.7. The van der Waals surface area contributed by atoms with Crippen LogP contribution >= 0.6 is 0 Å². The van der Waals surface area contributed by atoms with Crippen LogP contribution < -0.4 is 20.9 Å². The molecule has 1 aliphatic heterocycles. The van der Waals surface area contributed by atoms with E-state index in [1.807, 2.05) is 12.1 Å². The summed E-state index contributed by atoms with van der Waals surface area (Å²) in [6.45, 7) is 3.67. The quantitative estimate of drug-likeness (QED) is 0.320. The minimum atomic E-state index is -4.79. The fourth-order valence-electron chi connectivity index (χ4n) is 3.73. The number of rotatable bonds is 5. The number of piperazine rings is 1. The van der Waals surface area contributed by atoms with Crippen molar-refractivity contribution in [3.63, 3.8) is 0 Å². The maximum absolute atomic E-state index is 13.5. The van der Waals surface area contributed by atoms with Crippen molar-refractivity contribution >= 4 is 40.0 Å². The molecule has 4 N–H and O–H groups in total. The van der Waals surface area contributed by atoms with E-state index in [-0.39, 0.29) is 11.5 Å². The van der Waals surface area contributed by atoms with Crippen LogP contribution in [-0.2, 0) is 6.18 Å². The lowest BCUT2D eigenvalue weighted by Crippen LogP contribution is -2.43. The number of anilines is 5. The molecule has 0 spiro atoms. The molecule has 0 bridgehead atoms. The highest BCUT2D eigenvalue weighted by molar-refractivity contribution is 5.81. The number of alkyl halides is 3. The van der Waals surface area contributed by atoms with Gasteiger partial charge in [-0.25, -0.2) is 19.3 Å². The van der Waals surface area contributed by atoms with Crippen molar-refractivity contribution in [2.24, 2.45) is 0 Å². The van der Waals surface area contributed by atoms with Crippen LogP contribution in [0.5, 0.6) is 0 Å². The van der Waals surface area contributed by atoms with Gasteiger partial charge in [0.05, 0.1) is 22.8 Å². The number of nitrogens with one attached hydrogen (secondary N) is 4. The Kier molecular flexibility index (Phi) is 5.65. The summed E-state index contributed by atoms with van der Waals surface area (Å²) in [5.74, 6) is -0.00402. The Bertz CT molecular complexity index is 1310. The van der Waals surface area contributed by atoms with E-state index in [2.05, 4.69) is 40.8 Å². The van der Waals surface area contributed by atoms with E-state index in [9.17, 15) is 17.6 Å². The van der Waals surface area contributed by atoms with E-state index in [0.717, 1.165) is 37.9 Å². The molecule has 12 heteroatoms. The molecule has 1 aliphatic rings. The first kappa shape index (κ1) is 21.9. The van der Waals surface area contributed by atoms with Gasteiger partial charge in [-0.2, -0.15) is 13.2 Å². The van der Waals surface area contributed by atoms with Crippen molar-refractivity contribution in [2.45, 2.75) is 6.18 Å². The molecule has 176 valence electrons. The molecule has 0 atom stereocenters. The van der Waals surface area contributed by atoms with Gasteiger partial charge in [-0.1, -0.05) is 0 Å². The van der Waals surface area contributed by atoms with Crippen LogP contribution in [0.1, 0.15) is 5.56 Å². The van der Waals surface area contributed by atoms with Gasteiger partial charge >= 0.3 is 6.18 Å². The van der Waals surface area contributed by atoms with E-state index >= 15 is 0 Å². The van der Waals surface area contributed by atoms with Crippen molar-refractivity contribution < 1.29 is 17.6 Å². The van der Waals surface area contributed by atoms with Crippen molar-refractivity contribution in [2.75, 3.05) is 41.7 Å². The Hall–Kier alpha value is -3.93. The first-order valence-corrected chi connectivity index (χ1v) is 10.5. The lowest BCUT2D eigenvalue weighted by molar-refractivity contribution is -0.139. The lowest BCUT2D eigenvalue weighted by atomic mass is 10.2. The molecule has 1 saturated heterocycles. The number of pyridine rings is 2. The van der Waals surface area contributed by atoms with Crippen LogP contribution in [0, 0.1) is 5.82 Å². The number of H-pyrrole nitrogens is 1. The van der Waals surface area contributed by atoms with Crippen LogP contribution in [0.3, 0.4) is 0 Å². The number of fused-ring (bicyclic) bond motifs is 1. The SMILES string of the molecule is Fc1ccc(Nc2cc3nc(Nc4cc(N5CCNCC5)ccn4)[nH]c3cn2)cc1C(F)(F)F. The number of imidazole rings is 1. The average Bonchev–Trinajstić information content (AvgIpc) is 3.22. The molecule has 34 heavy (non-hydrogen) atoms. The Labute approximate surface area is 191 Å². The second-order valence-corrected chi connectivity index (χ2v) is 7.75. The van der Waals surface area contributed by atoms with Gasteiger partial charge in [0.25, 0.3) is 0 Å². The van der Waals surface area contributed by atoms with Gasteiger partial charge in [0.15, 0.2) is 0 Å². The minimum absolute atomic E-state index is 0.0587. The molecule has 3 aromatic heterocycles. The minimum Gasteiger partial charge on any atom is -0.369 e. The molecule has 4 heterocycles. The summed E-state index contributed by atoms with van der Waals surface area (Å²) in [7, 11) is 0. The molecule has 5 rings (SSSR count). The highest BCUT2D eigenvalue weighted by Gasteiger charge is 2.34. The molecule has 0 aliphatic carbocycles. The predicted molar refractivity (Wildman–Crippen MR) is 121 cm³/mol. The van der Waals surface area contributed by atoms with E-state index in [0.29, 0.717) is 28.9 Å². The fourth-order valence-corrected chi connectivity index (χ4v) is 3.73. The van der Waals surface area contributed by atoms with Gasteiger partial charge < -0.3 is 25.8 Å². The molecule has 0 saturated carbocycles. The molecule has 4 aromatic rings. The van der Waals surface area contributed by atoms with Crippen molar-refractivity contribution in [3.8, 4) is 0 Å². The lowest BCUT2D eigenvalue weighted by Gasteiger charge is -2.29. The van der Waals surface area contributed by atoms with Gasteiger partial charge in [0.1, 0.15) is 17.5 Å². The van der Waals surface area contributed by atoms with Crippen LogP contribution in [0.25, 0.3) is 11.0 Å². The zero-order chi connectivity index (χ0) is 23.7. The van der Waals surface area contributed by atoms with Gasteiger partial charge in [-0.3, -0.25) is 0 Å². The largest absolute Gasteiger partial charge is 0.419 e. The zero-order valence-corrected chi connectivity index (χ0v) is 17.7. The molecule has 1 fully saturated rings. The molecular weight excluding hydrogens is 452 g/mol. The summed E-state index contributed by atoms with van der Waals surface area (Å²) in [6, 6.07) is 8.16. The fraction of sp³-hybridized carbons (Fsp3) is 0.227. The molecular formula is C22H20F4N8. The molecule has 0 radical (unpaired) electrons. The van der Waals surface area contributed by atoms with Crippen molar-refractivity contribution in [1.29, 1.82) is 0 Å². The maximum atomic E-state index is 13.5. The van der Waals surface area contributed by atoms with E-state index < -0.39 is 17.6 Å². The highest BCUT2D eigenvalue weighted by Crippen LogP contribution is 2.33. The van der Waals surface area contributed by atoms with Gasteiger partial charge in [-0.15, -0.1) is 0 Å². The Morgan fingerprint density at radius 3 is 2.53 bits per heavy atom. The average molecular weight is 472 g/mol. The summed E-state index contributed by atoms with van der Waals surface area (Å²) in [5.41, 5.74) is 0.933. The number of hydrogen-bond acceptors (Lipinski definition) is 7. The summed E-state index contributed by atoms with van der Waals surface area (Å²) in [4.78, 5) is 18.4. The van der Waals surface area contributed by atoms with Crippen LogP contribution in [-0.4, -0.2) is 46.1 Å². The Morgan fingerprint density at radius 1 is 0.941 bits per heavy atom. The smallest absolute Gasteiger partial charge is 0.369 e. The second-order valence-electron chi connectivity index (χ2n) is 7.75. The Balaban J connectivity index is 1.34. The normalized spacial score (nSPS) is 14.4. The third-order valence-electron chi connectivity index (χ3n) is 5.38. The summed E-state index contributed by atoms with van der Waals surface area (Å²) in [5, 5.41) is 9.22. The number of nitrogens with zero attached hydrogens (tertiary/aromatic N) is 4. The second kappa shape index (κ2) is 8.78. The number of benzene rings is 1. The third-order valence-corrected chi connectivity index (χ3v) is 5.38. The molecule has 1 aromatic carbocycles. The van der Waals surface area contributed by atoms with Gasteiger partial charge in [-0.05, 0) is 24.3 Å². The van der Waals surface area contributed by atoms with Gasteiger partial charge in [0.2, 0.25) is 5.95 Å². The third kappa shape index (κ3) is 4.71. The summed E-state index contributed by atoms with van der Waals surface area (Å²) < 4.78 is 52.4. The molecule has 0 unspecified atom stereocenters. The van der Waals surface area contributed by atoms with Gasteiger partial charge in [0, 0.05) is 55.9 Å². The number of hydrogen-bond donors (Lipinski definition) is 4. The Morgan fingerprint density at radius 2 is 1.74 bits per heavy atom. The molecule has 0 amide bonds. The van der Waals surface area contributed by atoms with Crippen LogP contribution in [0.4, 0.5) is 46.5 Å². The number of aromatic nitrogens is 4. The van der Waals surface area contributed by atoms with Crippen LogP contribution in [0.15, 0.2) is 48.8 Å². The van der Waals surface area contributed by atoms with E-state index in [1.165, 1.54) is 12.3 Å². The summed E-state index contributed by atoms with van der Waals surface area (Å²) >= 11 is 0. The topological polar surface area (TPSA) is 93.8 Å². The van der Waals surface area contributed by atoms with Crippen molar-refractivity contribution in [3.05, 3.63) is 60.2 Å². The van der Waals surface area contributed by atoms with E-state index in [4.69, 9.17) is 0 Å².